The number of nitrogens with one attached hydrogen (secondary N) is 3. The molecule has 3 aromatic carbocycles. The smallest absolute Gasteiger partial charge is 0.251 e. The maximum atomic E-state index is 12.3. The summed E-state index contributed by atoms with van der Waals surface area (Å²) in [4.78, 5) is 24.2. The second kappa shape index (κ2) is 11.0. The van der Waals surface area contributed by atoms with E-state index in [0.717, 1.165) is 36.7 Å². The molecule has 0 radical (unpaired) electrons. The minimum atomic E-state index is -0.159. The Hall–Kier alpha value is -3.58. The number of phenols is 2. The second-order valence-electron chi connectivity index (χ2n) is 7.26. The van der Waals surface area contributed by atoms with Crippen LogP contribution in [0.4, 0.5) is 0 Å². The van der Waals surface area contributed by atoms with Gasteiger partial charge in [-0.25, -0.2) is 0 Å². The molecule has 0 aromatic heterocycles. The lowest BCUT2D eigenvalue weighted by molar-refractivity contribution is 0.0946. The summed E-state index contributed by atoms with van der Waals surface area (Å²) in [6.45, 7) is 2.66. The lowest BCUT2D eigenvalue weighted by atomic mass is 10.1. The van der Waals surface area contributed by atoms with Crippen molar-refractivity contribution in [2.24, 2.45) is 0 Å². The Labute approximate surface area is 181 Å². The highest BCUT2D eigenvalue weighted by molar-refractivity contribution is 5.98. The van der Waals surface area contributed by atoms with Crippen LogP contribution in [-0.2, 0) is 0 Å². The molecule has 7 heteroatoms. The van der Waals surface area contributed by atoms with Crippen LogP contribution in [0.15, 0.2) is 60.7 Å². The summed E-state index contributed by atoms with van der Waals surface area (Å²) in [6.07, 6.45) is 1.59. The van der Waals surface area contributed by atoms with Crippen molar-refractivity contribution in [2.45, 2.75) is 12.8 Å². The highest BCUT2D eigenvalue weighted by atomic mass is 16.3. The van der Waals surface area contributed by atoms with Crippen LogP contribution in [0.2, 0.25) is 0 Å². The van der Waals surface area contributed by atoms with E-state index in [0.29, 0.717) is 24.2 Å². The molecule has 0 aliphatic rings. The molecule has 2 amide bonds. The van der Waals surface area contributed by atoms with Crippen molar-refractivity contribution in [3.8, 4) is 11.5 Å². The fraction of sp³-hybridized carbons (Fsp3) is 0.250. The maximum absolute atomic E-state index is 12.3. The van der Waals surface area contributed by atoms with Crippen LogP contribution >= 0.6 is 0 Å². The predicted octanol–water partition coefficient (Wildman–Crippen LogP) is 2.78. The van der Waals surface area contributed by atoms with Gasteiger partial charge in [0.15, 0.2) is 0 Å². The lowest BCUT2D eigenvalue weighted by Gasteiger charge is -2.08. The highest BCUT2D eigenvalue weighted by Crippen LogP contribution is 2.21. The summed E-state index contributed by atoms with van der Waals surface area (Å²) < 4.78 is 0. The third-order valence-electron chi connectivity index (χ3n) is 4.85. The molecule has 0 aliphatic heterocycles. The van der Waals surface area contributed by atoms with Crippen molar-refractivity contribution in [3.05, 3.63) is 71.8 Å². The van der Waals surface area contributed by atoms with Crippen LogP contribution in [-0.4, -0.2) is 48.2 Å². The summed E-state index contributed by atoms with van der Waals surface area (Å²) in [5.74, 6) is 0.0624. The maximum Gasteiger partial charge on any atom is 0.251 e. The minimum Gasteiger partial charge on any atom is -0.508 e. The monoisotopic (exact) mass is 421 g/mol. The molecule has 0 unspecified atom stereocenters. The van der Waals surface area contributed by atoms with E-state index < -0.39 is 0 Å². The molecular formula is C24H27N3O4. The first-order valence-corrected chi connectivity index (χ1v) is 10.3. The van der Waals surface area contributed by atoms with E-state index in [9.17, 15) is 19.8 Å². The summed E-state index contributed by atoms with van der Waals surface area (Å²) in [5.41, 5.74) is 1.11. The molecule has 7 nitrogen and oxygen atoms in total. The first kappa shape index (κ1) is 22.1. The van der Waals surface area contributed by atoms with Crippen molar-refractivity contribution in [1.29, 1.82) is 0 Å². The number of fused-ring (bicyclic) bond motifs is 1. The number of carbonyl (C=O) groups is 2. The predicted molar refractivity (Wildman–Crippen MR) is 120 cm³/mol. The zero-order valence-electron chi connectivity index (χ0n) is 17.2. The summed E-state index contributed by atoms with van der Waals surface area (Å²) in [6, 6.07) is 16.6. The first-order chi connectivity index (χ1) is 15.0. The topological polar surface area (TPSA) is 111 Å². The summed E-state index contributed by atoms with van der Waals surface area (Å²) >= 11 is 0. The standard InChI is InChI=1S/C24H27N3O4/c28-21-8-5-17(6-9-21)23(30)26-13-1-11-25-12-2-14-27-24(31)20-4-3-19-16-22(29)10-7-18(19)15-20/h3-10,15-16,25,28-29H,1-2,11-14H2,(H,26,30)(H,27,31). The molecule has 0 fully saturated rings. The van der Waals surface area contributed by atoms with E-state index >= 15 is 0 Å². The number of carbonyl (C=O) groups excluding carboxylic acids is 2. The summed E-state index contributed by atoms with van der Waals surface area (Å²) in [5, 5.41) is 29.6. The molecule has 0 bridgehead atoms. The van der Waals surface area contributed by atoms with Crippen molar-refractivity contribution >= 4 is 22.6 Å². The van der Waals surface area contributed by atoms with Crippen LogP contribution in [0.25, 0.3) is 10.8 Å². The molecule has 3 aromatic rings. The molecule has 0 atom stereocenters. The van der Waals surface area contributed by atoms with Gasteiger partial charge in [0, 0.05) is 24.2 Å². The normalized spacial score (nSPS) is 10.7. The van der Waals surface area contributed by atoms with Crippen LogP contribution in [0.3, 0.4) is 0 Å². The van der Waals surface area contributed by atoms with E-state index in [1.54, 1.807) is 36.4 Å². The number of hydrogen-bond donors (Lipinski definition) is 5. The molecular weight excluding hydrogens is 394 g/mol. The molecule has 0 heterocycles. The quantitative estimate of drug-likeness (QED) is 0.323. The van der Waals surface area contributed by atoms with E-state index in [1.165, 1.54) is 12.1 Å². The Morgan fingerprint density at radius 3 is 1.81 bits per heavy atom. The van der Waals surface area contributed by atoms with Crippen LogP contribution in [0.5, 0.6) is 11.5 Å². The van der Waals surface area contributed by atoms with Gasteiger partial charge in [-0.1, -0.05) is 12.1 Å². The Morgan fingerprint density at radius 1 is 0.613 bits per heavy atom. The van der Waals surface area contributed by atoms with Crippen molar-refractivity contribution in [1.82, 2.24) is 16.0 Å². The number of amides is 2. The summed E-state index contributed by atoms with van der Waals surface area (Å²) in [7, 11) is 0. The van der Waals surface area contributed by atoms with Gasteiger partial charge in [-0.05, 0) is 85.2 Å². The van der Waals surface area contributed by atoms with Gasteiger partial charge in [0.25, 0.3) is 11.8 Å². The van der Waals surface area contributed by atoms with Gasteiger partial charge >= 0.3 is 0 Å². The van der Waals surface area contributed by atoms with Crippen molar-refractivity contribution < 1.29 is 19.8 Å². The van der Waals surface area contributed by atoms with Crippen molar-refractivity contribution in [2.75, 3.05) is 26.2 Å². The average molecular weight is 421 g/mol. The van der Waals surface area contributed by atoms with Gasteiger partial charge in [-0.3, -0.25) is 9.59 Å². The largest absolute Gasteiger partial charge is 0.508 e. The SMILES string of the molecule is O=C(NCCCNCCCNC(=O)c1ccc2cc(O)ccc2c1)c1ccc(O)cc1. The van der Waals surface area contributed by atoms with Crippen LogP contribution < -0.4 is 16.0 Å². The molecule has 0 saturated carbocycles. The van der Waals surface area contributed by atoms with Gasteiger partial charge < -0.3 is 26.2 Å². The molecule has 5 N–H and O–H groups in total. The molecule has 0 spiro atoms. The number of phenolic OH excluding ortho intramolecular Hbond substituents is 2. The Morgan fingerprint density at radius 2 is 1.13 bits per heavy atom. The third kappa shape index (κ3) is 6.72. The third-order valence-corrected chi connectivity index (χ3v) is 4.85. The number of hydrogen-bond acceptors (Lipinski definition) is 5. The van der Waals surface area contributed by atoms with Gasteiger partial charge in [-0.15, -0.1) is 0 Å². The average Bonchev–Trinajstić information content (AvgIpc) is 2.77. The van der Waals surface area contributed by atoms with E-state index in [4.69, 9.17) is 0 Å². The zero-order chi connectivity index (χ0) is 22.1. The van der Waals surface area contributed by atoms with E-state index in [2.05, 4.69) is 16.0 Å². The number of benzene rings is 3. The Balaban J connectivity index is 1.26. The van der Waals surface area contributed by atoms with Gasteiger partial charge in [0.1, 0.15) is 11.5 Å². The Bertz CT molecular complexity index is 1030. The van der Waals surface area contributed by atoms with Crippen LogP contribution in [0, 0.1) is 0 Å². The Kier molecular flexibility index (Phi) is 7.84. The molecule has 31 heavy (non-hydrogen) atoms. The van der Waals surface area contributed by atoms with E-state index in [-0.39, 0.29) is 23.3 Å². The van der Waals surface area contributed by atoms with Crippen molar-refractivity contribution in [3.63, 3.8) is 0 Å². The second-order valence-corrected chi connectivity index (χ2v) is 7.26. The van der Waals surface area contributed by atoms with Gasteiger partial charge in [0.2, 0.25) is 0 Å². The lowest BCUT2D eigenvalue weighted by Crippen LogP contribution is -2.29. The minimum absolute atomic E-state index is 0.119. The first-order valence-electron chi connectivity index (χ1n) is 10.3. The van der Waals surface area contributed by atoms with Gasteiger partial charge in [-0.2, -0.15) is 0 Å². The van der Waals surface area contributed by atoms with Gasteiger partial charge in [0.05, 0.1) is 0 Å². The highest BCUT2D eigenvalue weighted by Gasteiger charge is 2.06. The fourth-order valence-electron chi connectivity index (χ4n) is 3.15. The molecule has 0 aliphatic carbocycles. The van der Waals surface area contributed by atoms with E-state index in [1.807, 2.05) is 12.1 Å². The number of aromatic hydroxyl groups is 2. The van der Waals surface area contributed by atoms with Crippen LogP contribution in [0.1, 0.15) is 33.6 Å². The number of rotatable bonds is 10. The fourth-order valence-corrected chi connectivity index (χ4v) is 3.15. The zero-order valence-corrected chi connectivity index (χ0v) is 17.2. The molecule has 3 rings (SSSR count). The molecule has 162 valence electrons. The molecule has 0 saturated heterocycles.